The third kappa shape index (κ3) is 6.08. The van der Waals surface area contributed by atoms with Crippen LogP contribution < -0.4 is 10.6 Å². The molecule has 27 heavy (non-hydrogen) atoms. The third-order valence-electron chi connectivity index (χ3n) is 4.53. The average molecular weight is 371 g/mol. The van der Waals surface area contributed by atoms with Crippen LogP contribution in [0.5, 0.6) is 0 Å². The van der Waals surface area contributed by atoms with E-state index in [0.29, 0.717) is 19.3 Å². The molecule has 1 unspecified atom stereocenters. The molecule has 1 aliphatic rings. The Balaban J connectivity index is 1.37. The molecular formula is C20H29N5O2. The Labute approximate surface area is 160 Å². The first-order valence-electron chi connectivity index (χ1n) is 9.57. The van der Waals surface area contributed by atoms with Gasteiger partial charge in [-0.15, -0.1) is 0 Å². The van der Waals surface area contributed by atoms with Crippen LogP contribution in [-0.4, -0.2) is 55.0 Å². The monoisotopic (exact) mass is 371 g/mol. The zero-order valence-electron chi connectivity index (χ0n) is 15.9. The number of nitrogens with zero attached hydrogens (tertiary/aromatic N) is 3. The number of para-hydroxylation sites is 1. The highest BCUT2D eigenvalue weighted by Gasteiger charge is 2.14. The van der Waals surface area contributed by atoms with Gasteiger partial charge in [0, 0.05) is 45.7 Å². The highest BCUT2D eigenvalue weighted by atomic mass is 16.5. The van der Waals surface area contributed by atoms with E-state index in [9.17, 15) is 0 Å². The van der Waals surface area contributed by atoms with Gasteiger partial charge in [0.1, 0.15) is 0 Å². The van der Waals surface area contributed by atoms with Gasteiger partial charge in [-0.2, -0.15) is 0 Å². The fourth-order valence-electron chi connectivity index (χ4n) is 3.08. The second kappa shape index (κ2) is 10.7. The molecule has 0 amide bonds. The van der Waals surface area contributed by atoms with Crippen LogP contribution in [0.2, 0.25) is 0 Å². The number of imidazole rings is 1. The molecule has 0 radical (unpaired) electrons. The molecule has 7 heteroatoms. The maximum atomic E-state index is 5.69. The van der Waals surface area contributed by atoms with Crippen LogP contribution in [0, 0.1) is 0 Å². The second-order valence-electron chi connectivity index (χ2n) is 6.51. The van der Waals surface area contributed by atoms with E-state index in [1.807, 2.05) is 29.2 Å². The SMILES string of the molecule is CN=C(NCCCOCC1CCCO1)NCc1ccccc1-n1ccnc1. The van der Waals surface area contributed by atoms with Crippen molar-refractivity contribution >= 4 is 5.96 Å². The molecule has 1 aromatic carbocycles. The van der Waals surface area contributed by atoms with Crippen LogP contribution in [0.15, 0.2) is 48.0 Å². The summed E-state index contributed by atoms with van der Waals surface area (Å²) >= 11 is 0. The summed E-state index contributed by atoms with van der Waals surface area (Å²) in [4.78, 5) is 8.42. The van der Waals surface area contributed by atoms with Crippen molar-refractivity contribution in [1.29, 1.82) is 0 Å². The van der Waals surface area contributed by atoms with Gasteiger partial charge in [0.2, 0.25) is 0 Å². The predicted octanol–water partition coefficient (Wildman–Crippen LogP) is 2.12. The molecule has 0 bridgehead atoms. The van der Waals surface area contributed by atoms with E-state index in [1.54, 1.807) is 13.2 Å². The number of nitrogens with one attached hydrogen (secondary N) is 2. The Morgan fingerprint density at radius 1 is 1.37 bits per heavy atom. The van der Waals surface area contributed by atoms with E-state index in [2.05, 4.69) is 32.7 Å². The van der Waals surface area contributed by atoms with Crippen LogP contribution in [0.3, 0.4) is 0 Å². The Kier molecular flexibility index (Phi) is 7.68. The number of hydrogen-bond acceptors (Lipinski definition) is 4. The van der Waals surface area contributed by atoms with Crippen molar-refractivity contribution in [3.05, 3.63) is 48.5 Å². The molecule has 1 saturated heterocycles. The molecule has 2 N–H and O–H groups in total. The van der Waals surface area contributed by atoms with E-state index >= 15 is 0 Å². The van der Waals surface area contributed by atoms with Gasteiger partial charge in [-0.25, -0.2) is 4.98 Å². The van der Waals surface area contributed by atoms with Crippen molar-refractivity contribution in [2.24, 2.45) is 4.99 Å². The second-order valence-corrected chi connectivity index (χ2v) is 6.51. The number of benzene rings is 1. The van der Waals surface area contributed by atoms with Crippen molar-refractivity contribution in [3.8, 4) is 5.69 Å². The van der Waals surface area contributed by atoms with E-state index in [4.69, 9.17) is 9.47 Å². The van der Waals surface area contributed by atoms with Crippen LogP contribution in [0.4, 0.5) is 0 Å². The van der Waals surface area contributed by atoms with Crippen molar-refractivity contribution in [2.75, 3.05) is 33.4 Å². The summed E-state index contributed by atoms with van der Waals surface area (Å²) in [6.07, 6.45) is 9.04. The van der Waals surface area contributed by atoms with Gasteiger partial charge in [-0.3, -0.25) is 4.99 Å². The highest BCUT2D eigenvalue weighted by Crippen LogP contribution is 2.14. The molecule has 0 spiro atoms. The largest absolute Gasteiger partial charge is 0.379 e. The van der Waals surface area contributed by atoms with Gasteiger partial charge in [0.25, 0.3) is 0 Å². The number of aliphatic imine (C=N–C) groups is 1. The number of guanidine groups is 1. The summed E-state index contributed by atoms with van der Waals surface area (Å²) in [7, 11) is 1.78. The summed E-state index contributed by atoms with van der Waals surface area (Å²) in [6, 6.07) is 8.26. The zero-order chi connectivity index (χ0) is 18.7. The fourth-order valence-corrected chi connectivity index (χ4v) is 3.08. The Morgan fingerprint density at radius 2 is 2.30 bits per heavy atom. The molecule has 2 heterocycles. The Morgan fingerprint density at radius 3 is 3.07 bits per heavy atom. The van der Waals surface area contributed by atoms with Crippen molar-refractivity contribution in [2.45, 2.75) is 31.9 Å². The molecule has 1 aliphatic heterocycles. The maximum Gasteiger partial charge on any atom is 0.191 e. The van der Waals surface area contributed by atoms with Gasteiger partial charge < -0.3 is 24.7 Å². The van der Waals surface area contributed by atoms with E-state index in [1.165, 1.54) is 5.56 Å². The first-order chi connectivity index (χ1) is 13.4. The maximum absolute atomic E-state index is 5.69. The molecule has 3 rings (SSSR count). The number of ether oxygens (including phenoxy) is 2. The topological polar surface area (TPSA) is 72.7 Å². The van der Waals surface area contributed by atoms with Crippen LogP contribution in [0.1, 0.15) is 24.8 Å². The van der Waals surface area contributed by atoms with Crippen LogP contribution >= 0.6 is 0 Å². The normalized spacial score (nSPS) is 17.2. The Hall–Kier alpha value is -2.38. The van der Waals surface area contributed by atoms with Gasteiger partial charge >= 0.3 is 0 Å². The van der Waals surface area contributed by atoms with Crippen molar-refractivity contribution in [1.82, 2.24) is 20.2 Å². The summed E-state index contributed by atoms with van der Waals surface area (Å²) in [5, 5.41) is 6.70. The third-order valence-corrected chi connectivity index (χ3v) is 4.53. The molecule has 146 valence electrons. The van der Waals surface area contributed by atoms with Crippen molar-refractivity contribution in [3.63, 3.8) is 0 Å². The summed E-state index contributed by atoms with van der Waals surface area (Å²) in [6.45, 7) is 3.81. The first-order valence-corrected chi connectivity index (χ1v) is 9.57. The van der Waals surface area contributed by atoms with Gasteiger partial charge in [0.05, 0.1) is 24.7 Å². The standard InChI is InChI=1S/C20H29N5O2/c1-21-20(23-9-5-12-26-15-18-7-4-13-27-18)24-14-17-6-2-3-8-19(17)25-11-10-22-16-25/h2-3,6,8,10-11,16,18H,4-5,7,9,12-15H2,1H3,(H2,21,23,24). The van der Waals surface area contributed by atoms with E-state index < -0.39 is 0 Å². The van der Waals surface area contributed by atoms with Gasteiger partial charge in [-0.1, -0.05) is 18.2 Å². The molecule has 0 aliphatic carbocycles. The minimum atomic E-state index is 0.294. The minimum absolute atomic E-state index is 0.294. The fraction of sp³-hybridized carbons (Fsp3) is 0.500. The van der Waals surface area contributed by atoms with Crippen LogP contribution in [-0.2, 0) is 16.0 Å². The van der Waals surface area contributed by atoms with Crippen molar-refractivity contribution < 1.29 is 9.47 Å². The quantitative estimate of drug-likeness (QED) is 0.401. The molecule has 1 aromatic heterocycles. The number of rotatable bonds is 9. The molecule has 1 fully saturated rings. The van der Waals surface area contributed by atoms with Gasteiger partial charge in [0.15, 0.2) is 5.96 Å². The lowest BCUT2D eigenvalue weighted by Crippen LogP contribution is -2.37. The molecule has 7 nitrogen and oxygen atoms in total. The lowest BCUT2D eigenvalue weighted by atomic mass is 10.1. The zero-order valence-corrected chi connectivity index (χ0v) is 15.9. The number of aromatic nitrogens is 2. The highest BCUT2D eigenvalue weighted by molar-refractivity contribution is 5.79. The summed E-state index contributed by atoms with van der Waals surface area (Å²) in [5.74, 6) is 0.787. The molecular weight excluding hydrogens is 342 g/mol. The smallest absolute Gasteiger partial charge is 0.191 e. The summed E-state index contributed by atoms with van der Waals surface area (Å²) < 4.78 is 13.2. The molecule has 1 atom stereocenters. The van der Waals surface area contributed by atoms with E-state index in [0.717, 1.165) is 50.7 Å². The average Bonchev–Trinajstić information content (AvgIpc) is 3.41. The lowest BCUT2D eigenvalue weighted by molar-refractivity contribution is 0.0168. The number of hydrogen-bond donors (Lipinski definition) is 2. The lowest BCUT2D eigenvalue weighted by Gasteiger charge is -2.15. The van der Waals surface area contributed by atoms with E-state index in [-0.39, 0.29) is 0 Å². The summed E-state index contributed by atoms with van der Waals surface area (Å²) in [5.41, 5.74) is 2.29. The Bertz CT molecular complexity index is 696. The molecule has 2 aromatic rings. The minimum Gasteiger partial charge on any atom is -0.379 e. The molecule has 0 saturated carbocycles. The first kappa shape index (κ1) is 19.4. The predicted molar refractivity (Wildman–Crippen MR) is 106 cm³/mol. The van der Waals surface area contributed by atoms with Crippen LogP contribution in [0.25, 0.3) is 5.69 Å². The van der Waals surface area contributed by atoms with Gasteiger partial charge in [-0.05, 0) is 30.9 Å².